The lowest BCUT2D eigenvalue weighted by Gasteiger charge is -2.11. The molecule has 2 N–H and O–H groups in total. The zero-order valence-electron chi connectivity index (χ0n) is 14.8. The van der Waals surface area contributed by atoms with E-state index in [0.29, 0.717) is 6.42 Å². The molecule has 1 aromatic heterocycles. The number of guanidine groups is 1. The van der Waals surface area contributed by atoms with Gasteiger partial charge in [0, 0.05) is 38.4 Å². The fourth-order valence-electron chi connectivity index (χ4n) is 2.11. The maximum atomic E-state index is 11.0. The van der Waals surface area contributed by atoms with Crippen LogP contribution in [-0.4, -0.2) is 44.2 Å². The number of aryl methyl sites for hydroxylation is 1. The van der Waals surface area contributed by atoms with E-state index in [-0.39, 0.29) is 29.9 Å². The van der Waals surface area contributed by atoms with Gasteiger partial charge in [-0.05, 0) is 19.8 Å². The van der Waals surface area contributed by atoms with E-state index in [2.05, 4.69) is 30.7 Å². The number of halogens is 1. The van der Waals surface area contributed by atoms with Crippen LogP contribution in [0, 0.1) is 6.92 Å². The summed E-state index contributed by atoms with van der Waals surface area (Å²) in [6.45, 7) is 3.73. The van der Waals surface area contributed by atoms with Gasteiger partial charge in [-0.2, -0.15) is 0 Å². The number of esters is 1. The van der Waals surface area contributed by atoms with E-state index in [4.69, 9.17) is 0 Å². The Bertz CT molecular complexity index is 494. The standard InChI is InChI=1S/C16H28N4O2S.HI/c1-13-20-14(12-23-13)9-11-19-16(17-2)18-10-7-5-4-6-8-15(21)22-3;/h12H,4-11H2,1-3H3,(H2,17,18,19);1H. The summed E-state index contributed by atoms with van der Waals surface area (Å²) in [7, 11) is 3.21. The van der Waals surface area contributed by atoms with Crippen LogP contribution in [0.1, 0.15) is 42.8 Å². The van der Waals surface area contributed by atoms with Crippen LogP contribution >= 0.6 is 35.3 Å². The van der Waals surface area contributed by atoms with E-state index >= 15 is 0 Å². The summed E-state index contributed by atoms with van der Waals surface area (Å²) in [4.78, 5) is 19.6. The van der Waals surface area contributed by atoms with Crippen molar-refractivity contribution >= 4 is 47.2 Å². The van der Waals surface area contributed by atoms with Crippen LogP contribution in [0.5, 0.6) is 0 Å². The maximum Gasteiger partial charge on any atom is 0.305 e. The molecule has 0 amide bonds. The number of methoxy groups -OCH3 is 1. The predicted octanol–water partition coefficient (Wildman–Crippen LogP) is 2.90. The summed E-state index contributed by atoms with van der Waals surface area (Å²) >= 11 is 1.68. The van der Waals surface area contributed by atoms with Crippen LogP contribution in [-0.2, 0) is 16.0 Å². The highest BCUT2D eigenvalue weighted by molar-refractivity contribution is 14.0. The number of rotatable bonds is 10. The lowest BCUT2D eigenvalue weighted by Crippen LogP contribution is -2.38. The molecule has 138 valence electrons. The Morgan fingerprint density at radius 3 is 2.58 bits per heavy atom. The summed E-state index contributed by atoms with van der Waals surface area (Å²) < 4.78 is 4.62. The Morgan fingerprint density at radius 2 is 1.96 bits per heavy atom. The molecule has 0 bridgehead atoms. The molecule has 6 nitrogen and oxygen atoms in total. The van der Waals surface area contributed by atoms with Crippen molar-refractivity contribution in [2.45, 2.75) is 45.4 Å². The van der Waals surface area contributed by atoms with Gasteiger partial charge in [0.2, 0.25) is 0 Å². The van der Waals surface area contributed by atoms with Gasteiger partial charge in [0.15, 0.2) is 5.96 Å². The number of thiazole rings is 1. The first kappa shape index (κ1) is 23.1. The molecule has 0 spiro atoms. The molecule has 24 heavy (non-hydrogen) atoms. The minimum atomic E-state index is -0.122. The molecule has 0 saturated heterocycles. The summed E-state index contributed by atoms with van der Waals surface area (Å²) in [5, 5.41) is 9.80. The molecule has 0 aliphatic rings. The predicted molar refractivity (Wildman–Crippen MR) is 110 cm³/mol. The van der Waals surface area contributed by atoms with Crippen LogP contribution in [0.4, 0.5) is 0 Å². The first-order valence-corrected chi connectivity index (χ1v) is 8.96. The molecule has 0 radical (unpaired) electrons. The van der Waals surface area contributed by atoms with Gasteiger partial charge in [-0.1, -0.05) is 12.8 Å². The molecule has 1 heterocycles. The van der Waals surface area contributed by atoms with E-state index in [1.807, 2.05) is 6.92 Å². The number of hydrogen-bond acceptors (Lipinski definition) is 5. The number of carbonyl (C=O) groups is 1. The van der Waals surface area contributed by atoms with E-state index in [1.165, 1.54) is 7.11 Å². The minimum Gasteiger partial charge on any atom is -0.469 e. The van der Waals surface area contributed by atoms with Gasteiger partial charge in [0.05, 0.1) is 17.8 Å². The van der Waals surface area contributed by atoms with Gasteiger partial charge in [-0.15, -0.1) is 35.3 Å². The summed E-state index contributed by atoms with van der Waals surface area (Å²) in [6, 6.07) is 0. The second kappa shape index (κ2) is 14.4. The molecule has 0 aliphatic carbocycles. The third kappa shape index (κ3) is 10.8. The van der Waals surface area contributed by atoms with Crippen molar-refractivity contribution in [3.63, 3.8) is 0 Å². The average molecular weight is 468 g/mol. The summed E-state index contributed by atoms with van der Waals surface area (Å²) in [5.41, 5.74) is 1.13. The Hall–Kier alpha value is -0.900. The van der Waals surface area contributed by atoms with Crippen LogP contribution < -0.4 is 10.6 Å². The molecular weight excluding hydrogens is 439 g/mol. The average Bonchev–Trinajstić information content (AvgIpc) is 2.97. The molecule has 8 heteroatoms. The van der Waals surface area contributed by atoms with Gasteiger partial charge < -0.3 is 15.4 Å². The van der Waals surface area contributed by atoms with Gasteiger partial charge in [-0.25, -0.2) is 4.98 Å². The number of aromatic nitrogens is 1. The Labute approximate surface area is 165 Å². The van der Waals surface area contributed by atoms with Gasteiger partial charge in [-0.3, -0.25) is 9.79 Å². The van der Waals surface area contributed by atoms with Crippen molar-refractivity contribution in [1.29, 1.82) is 0 Å². The van der Waals surface area contributed by atoms with Crippen LogP contribution in [0.3, 0.4) is 0 Å². The number of hydrogen-bond donors (Lipinski definition) is 2. The number of unbranched alkanes of at least 4 members (excludes halogenated alkanes) is 3. The monoisotopic (exact) mass is 468 g/mol. The second-order valence-electron chi connectivity index (χ2n) is 5.27. The maximum absolute atomic E-state index is 11.0. The third-order valence-corrected chi connectivity index (χ3v) is 4.21. The summed E-state index contributed by atoms with van der Waals surface area (Å²) in [6.07, 6.45) is 5.52. The Balaban J connectivity index is 0.00000529. The van der Waals surface area contributed by atoms with E-state index in [0.717, 1.165) is 61.9 Å². The largest absolute Gasteiger partial charge is 0.469 e. The van der Waals surface area contributed by atoms with Crippen LogP contribution in [0.2, 0.25) is 0 Å². The van der Waals surface area contributed by atoms with Crippen molar-refractivity contribution < 1.29 is 9.53 Å². The topological polar surface area (TPSA) is 75.6 Å². The smallest absolute Gasteiger partial charge is 0.305 e. The molecule has 1 aromatic rings. The lowest BCUT2D eigenvalue weighted by atomic mass is 10.1. The van der Waals surface area contributed by atoms with Crippen LogP contribution in [0.25, 0.3) is 0 Å². The molecule has 0 atom stereocenters. The Kier molecular flexibility index (Phi) is 13.9. The van der Waals surface area contributed by atoms with Crippen molar-refractivity contribution in [2.24, 2.45) is 4.99 Å². The SMILES string of the molecule is CN=C(NCCCCCCC(=O)OC)NCCc1csc(C)n1.I. The zero-order valence-corrected chi connectivity index (χ0v) is 17.9. The zero-order chi connectivity index (χ0) is 16.9. The van der Waals surface area contributed by atoms with Crippen molar-refractivity contribution in [1.82, 2.24) is 15.6 Å². The normalized spacial score (nSPS) is 10.9. The minimum absolute atomic E-state index is 0. The van der Waals surface area contributed by atoms with Crippen molar-refractivity contribution in [3.8, 4) is 0 Å². The first-order valence-electron chi connectivity index (χ1n) is 8.08. The molecule has 0 aliphatic heterocycles. The van der Waals surface area contributed by atoms with Crippen LogP contribution in [0.15, 0.2) is 10.4 Å². The molecule has 0 unspecified atom stereocenters. The van der Waals surface area contributed by atoms with E-state index < -0.39 is 0 Å². The van der Waals surface area contributed by atoms with Gasteiger partial charge in [0.25, 0.3) is 0 Å². The molecular formula is C16H29IN4O2S. The number of carbonyl (C=O) groups excluding carboxylic acids is 1. The highest BCUT2D eigenvalue weighted by Crippen LogP contribution is 2.07. The van der Waals surface area contributed by atoms with E-state index in [1.54, 1.807) is 18.4 Å². The number of ether oxygens (including phenoxy) is 1. The molecule has 1 rings (SSSR count). The third-order valence-electron chi connectivity index (χ3n) is 3.39. The number of aliphatic imine (C=N–C) groups is 1. The van der Waals surface area contributed by atoms with E-state index in [9.17, 15) is 4.79 Å². The van der Waals surface area contributed by atoms with Crippen molar-refractivity contribution in [2.75, 3.05) is 27.2 Å². The molecule has 0 saturated carbocycles. The quantitative estimate of drug-likeness (QED) is 0.182. The van der Waals surface area contributed by atoms with Crippen molar-refractivity contribution in [3.05, 3.63) is 16.1 Å². The molecule has 0 fully saturated rings. The number of nitrogens with zero attached hydrogens (tertiary/aromatic N) is 2. The fourth-order valence-corrected chi connectivity index (χ4v) is 2.76. The van der Waals surface area contributed by atoms with Gasteiger partial charge >= 0.3 is 5.97 Å². The lowest BCUT2D eigenvalue weighted by molar-refractivity contribution is -0.140. The molecule has 0 aromatic carbocycles. The van der Waals surface area contributed by atoms with Gasteiger partial charge in [0.1, 0.15) is 0 Å². The first-order chi connectivity index (χ1) is 11.2. The highest BCUT2D eigenvalue weighted by atomic mass is 127. The second-order valence-corrected chi connectivity index (χ2v) is 6.34. The number of nitrogens with one attached hydrogen (secondary N) is 2. The highest BCUT2D eigenvalue weighted by Gasteiger charge is 2.01. The summed E-state index contributed by atoms with van der Waals surface area (Å²) in [5.74, 6) is 0.703. The fraction of sp³-hybridized carbons (Fsp3) is 0.688. The Morgan fingerprint density at radius 1 is 1.25 bits per heavy atom.